The molecule has 1 atom stereocenters. The predicted molar refractivity (Wildman–Crippen MR) is 107 cm³/mol. The Morgan fingerprint density at radius 1 is 1.32 bits per heavy atom. The second-order valence-electron chi connectivity index (χ2n) is 6.35. The van der Waals surface area contributed by atoms with Crippen LogP contribution in [-0.4, -0.2) is 34.5 Å². The van der Waals surface area contributed by atoms with Crippen molar-refractivity contribution in [3.8, 4) is 5.69 Å². The number of aromatic nitrogens is 4. The summed E-state index contributed by atoms with van der Waals surface area (Å²) in [5.41, 5.74) is 2.39. The molecule has 3 rings (SSSR count). The highest BCUT2D eigenvalue weighted by molar-refractivity contribution is 7.78. The van der Waals surface area contributed by atoms with Crippen LogP contribution in [-0.2, 0) is 23.3 Å². The van der Waals surface area contributed by atoms with Crippen LogP contribution < -0.4 is 5.56 Å². The predicted octanol–water partition coefficient (Wildman–Crippen LogP) is 2.67. The maximum absolute atomic E-state index is 13.1. The Labute approximate surface area is 168 Å². The number of carbonyl (C=O) groups is 1. The molecule has 1 unspecified atom stereocenters. The molecule has 1 aromatic carbocycles. The number of benzene rings is 1. The number of carbonyl (C=O) groups excluding carboxylic acids is 1. The van der Waals surface area contributed by atoms with Gasteiger partial charge in [0.1, 0.15) is 5.56 Å². The van der Waals surface area contributed by atoms with Gasteiger partial charge in [-0.25, -0.2) is 8.89 Å². The molecule has 0 amide bonds. The second kappa shape index (κ2) is 7.86. The highest BCUT2D eigenvalue weighted by Gasteiger charge is 2.25. The normalized spacial score (nSPS) is 12.3. The molecule has 10 heteroatoms. The summed E-state index contributed by atoms with van der Waals surface area (Å²) in [6, 6.07) is 4.86. The van der Waals surface area contributed by atoms with Gasteiger partial charge in [0.2, 0.25) is 5.78 Å². The summed E-state index contributed by atoms with van der Waals surface area (Å²) >= 11 is 4.48. The molecule has 28 heavy (non-hydrogen) atoms. The zero-order chi connectivity index (χ0) is 20.6. The molecule has 148 valence electrons. The number of H-pyrrole nitrogens is 2. The fourth-order valence-electron chi connectivity index (χ4n) is 3.15. The first-order valence-electron chi connectivity index (χ1n) is 8.51. The molecule has 8 nitrogen and oxygen atoms in total. The van der Waals surface area contributed by atoms with Crippen LogP contribution in [0.15, 0.2) is 23.0 Å². The van der Waals surface area contributed by atoms with Crippen LogP contribution in [0.4, 0.5) is 0 Å². The molecule has 0 fully saturated rings. The number of nitrogens with zero attached hydrogens (tertiary/aromatic N) is 2. The van der Waals surface area contributed by atoms with Crippen molar-refractivity contribution in [3.63, 3.8) is 0 Å². The number of aryl methyl sites for hydroxylation is 3. The highest BCUT2D eigenvalue weighted by Crippen LogP contribution is 2.31. The molecule has 2 heterocycles. The standard InChI is InChI=1S/C18H19ClN4O4S/c1-4-13-14(18(25)21-20-13)17(24)12-6-5-11(8-28(26)27)16(15(12)19)23-10(3)7-9(2)22-23/h5-7H,4,8H2,1-3H3,(H,26,27)(H2,20,21,25). The first-order valence-corrected chi connectivity index (χ1v) is 10.2. The first kappa shape index (κ1) is 20.2. The Hall–Kier alpha value is -2.49. The van der Waals surface area contributed by atoms with Gasteiger partial charge in [-0.3, -0.25) is 14.7 Å². The minimum Gasteiger partial charge on any atom is -0.306 e. The summed E-state index contributed by atoms with van der Waals surface area (Å²) in [5.74, 6) is -0.698. The van der Waals surface area contributed by atoms with Crippen molar-refractivity contribution in [2.75, 3.05) is 0 Å². The minimum atomic E-state index is -2.11. The Bertz CT molecular complexity index is 1150. The van der Waals surface area contributed by atoms with E-state index in [1.165, 1.54) is 6.07 Å². The topological polar surface area (TPSA) is 121 Å². The second-order valence-corrected chi connectivity index (χ2v) is 7.66. The number of hydrogen-bond acceptors (Lipinski definition) is 4. The van der Waals surface area contributed by atoms with Gasteiger partial charge in [-0.15, -0.1) is 0 Å². The first-order chi connectivity index (χ1) is 13.2. The molecule has 0 aliphatic heterocycles. The smallest absolute Gasteiger partial charge is 0.275 e. The lowest BCUT2D eigenvalue weighted by Gasteiger charge is -2.15. The summed E-state index contributed by atoms with van der Waals surface area (Å²) < 4.78 is 22.3. The van der Waals surface area contributed by atoms with Crippen molar-refractivity contribution in [3.05, 3.63) is 67.3 Å². The van der Waals surface area contributed by atoms with E-state index in [0.717, 1.165) is 11.4 Å². The molecule has 0 bridgehead atoms. The van der Waals surface area contributed by atoms with Gasteiger partial charge in [0.15, 0.2) is 11.1 Å². The molecule has 0 spiro atoms. The van der Waals surface area contributed by atoms with Crippen molar-refractivity contribution in [2.24, 2.45) is 0 Å². The molecule has 0 aliphatic rings. The average Bonchev–Trinajstić information content (AvgIpc) is 3.15. The van der Waals surface area contributed by atoms with Crippen molar-refractivity contribution < 1.29 is 13.6 Å². The third kappa shape index (κ3) is 3.60. The van der Waals surface area contributed by atoms with Crippen LogP contribution in [0.2, 0.25) is 5.02 Å². The zero-order valence-electron chi connectivity index (χ0n) is 15.5. The summed E-state index contributed by atoms with van der Waals surface area (Å²) in [6.07, 6.45) is 0.462. The third-order valence-electron chi connectivity index (χ3n) is 4.38. The van der Waals surface area contributed by atoms with E-state index >= 15 is 0 Å². The molecule has 0 radical (unpaired) electrons. The Balaban J connectivity index is 2.25. The van der Waals surface area contributed by atoms with Gasteiger partial charge in [-0.2, -0.15) is 5.10 Å². The van der Waals surface area contributed by atoms with Gasteiger partial charge in [0.25, 0.3) is 5.56 Å². The molecule has 0 saturated heterocycles. The van der Waals surface area contributed by atoms with E-state index in [-0.39, 0.29) is 21.9 Å². The quantitative estimate of drug-likeness (QED) is 0.416. The fraction of sp³-hybridized carbons (Fsp3) is 0.278. The van der Waals surface area contributed by atoms with Crippen molar-refractivity contribution in [1.82, 2.24) is 20.0 Å². The largest absolute Gasteiger partial charge is 0.306 e. The summed E-state index contributed by atoms with van der Waals surface area (Å²) in [6.45, 7) is 5.44. The van der Waals surface area contributed by atoms with Crippen molar-refractivity contribution >= 4 is 28.5 Å². The molecule has 2 aromatic heterocycles. The van der Waals surface area contributed by atoms with Gasteiger partial charge < -0.3 is 9.65 Å². The van der Waals surface area contributed by atoms with E-state index < -0.39 is 22.4 Å². The van der Waals surface area contributed by atoms with Gasteiger partial charge in [0.05, 0.1) is 22.2 Å². The van der Waals surface area contributed by atoms with Crippen LogP contribution in [0.5, 0.6) is 0 Å². The maximum atomic E-state index is 13.1. The van der Waals surface area contributed by atoms with Crippen LogP contribution in [0.3, 0.4) is 0 Å². The summed E-state index contributed by atoms with van der Waals surface area (Å²) in [4.78, 5) is 25.2. The molecular weight excluding hydrogens is 404 g/mol. The molecule has 0 saturated carbocycles. The molecule has 3 N–H and O–H groups in total. The number of hydrogen-bond donors (Lipinski definition) is 3. The zero-order valence-corrected chi connectivity index (χ0v) is 17.1. The average molecular weight is 423 g/mol. The minimum absolute atomic E-state index is 0.00204. The lowest BCUT2D eigenvalue weighted by molar-refractivity contribution is 0.103. The highest BCUT2D eigenvalue weighted by atomic mass is 35.5. The van der Waals surface area contributed by atoms with Crippen molar-refractivity contribution in [2.45, 2.75) is 32.9 Å². The van der Waals surface area contributed by atoms with E-state index in [0.29, 0.717) is 23.4 Å². The number of aromatic amines is 2. The van der Waals surface area contributed by atoms with Crippen LogP contribution >= 0.6 is 11.6 Å². The van der Waals surface area contributed by atoms with Crippen LogP contribution in [0.25, 0.3) is 5.69 Å². The maximum Gasteiger partial charge on any atom is 0.275 e. The fourth-order valence-corrected chi connectivity index (χ4v) is 4.00. The monoisotopic (exact) mass is 422 g/mol. The molecule has 3 aromatic rings. The van der Waals surface area contributed by atoms with Crippen molar-refractivity contribution in [1.29, 1.82) is 0 Å². The Morgan fingerprint density at radius 3 is 2.61 bits per heavy atom. The van der Waals surface area contributed by atoms with E-state index in [9.17, 15) is 18.4 Å². The van der Waals surface area contributed by atoms with E-state index in [4.69, 9.17) is 11.6 Å². The van der Waals surface area contributed by atoms with Gasteiger partial charge in [-0.05, 0) is 38.0 Å². The number of rotatable bonds is 6. The van der Waals surface area contributed by atoms with E-state index in [1.54, 1.807) is 10.7 Å². The lowest BCUT2D eigenvalue weighted by atomic mass is 10.00. The third-order valence-corrected chi connectivity index (χ3v) is 5.32. The molecular formula is C18H19ClN4O4S. The number of halogens is 1. The number of ketones is 1. The van der Waals surface area contributed by atoms with E-state index in [2.05, 4.69) is 15.3 Å². The summed E-state index contributed by atoms with van der Waals surface area (Å²) in [7, 11) is 0. The van der Waals surface area contributed by atoms with Gasteiger partial charge >= 0.3 is 0 Å². The molecule has 0 aliphatic carbocycles. The van der Waals surface area contributed by atoms with Gasteiger partial charge in [0, 0.05) is 17.0 Å². The number of nitrogens with one attached hydrogen (secondary N) is 2. The van der Waals surface area contributed by atoms with Gasteiger partial charge in [-0.1, -0.05) is 24.6 Å². The summed E-state index contributed by atoms with van der Waals surface area (Å²) in [5, 5.41) is 9.58. The Kier molecular flexibility index (Phi) is 5.69. The SMILES string of the molecule is CCc1[nH][nH]c(=O)c1C(=O)c1ccc(CS(=O)O)c(-n2nc(C)cc2C)c1Cl. The van der Waals surface area contributed by atoms with E-state index in [1.807, 2.05) is 26.8 Å². The van der Waals surface area contributed by atoms with Crippen LogP contribution in [0.1, 0.15) is 45.5 Å². The Morgan fingerprint density at radius 2 is 2.04 bits per heavy atom. The van der Waals surface area contributed by atoms with Crippen LogP contribution in [0, 0.1) is 13.8 Å². The lowest BCUT2D eigenvalue weighted by Crippen LogP contribution is -2.17.